The molecule has 270 valence electrons. The second kappa shape index (κ2) is 38.8. The normalized spacial score (nSPS) is 22.6. The van der Waals surface area contributed by atoms with E-state index in [1.807, 2.05) is 64.2 Å². The Hall–Kier alpha value is 2.09. The molecule has 0 aromatic carbocycles. The van der Waals surface area contributed by atoms with Crippen molar-refractivity contribution in [2.75, 3.05) is 0 Å². The fourth-order valence-electron chi connectivity index (χ4n) is 7.08. The molecule has 0 aliphatic heterocycles. The van der Waals surface area contributed by atoms with E-state index in [-0.39, 0.29) is 42.6 Å². The summed E-state index contributed by atoms with van der Waals surface area (Å²) in [6.45, 7) is 18.7. The van der Waals surface area contributed by atoms with Gasteiger partial charge in [0.15, 0.2) is 0 Å². The van der Waals surface area contributed by atoms with Crippen molar-refractivity contribution in [2.24, 2.45) is 0 Å². The van der Waals surface area contributed by atoms with Gasteiger partial charge >= 0.3 is 59.0 Å². The van der Waals surface area contributed by atoms with E-state index in [1.165, 1.54) is 65.8 Å². The topological polar surface area (TPSA) is 37.0 Å². The van der Waals surface area contributed by atoms with Crippen molar-refractivity contribution >= 4 is 36.6 Å². The maximum Gasteiger partial charge on any atom is 2.00 e. The molecule has 0 amide bonds. The summed E-state index contributed by atoms with van der Waals surface area (Å²) in [6, 6.07) is 0. The number of hydrogen-bond donors (Lipinski definition) is 0. The van der Waals surface area contributed by atoms with Gasteiger partial charge in [-0.1, -0.05) is 100 Å². The van der Waals surface area contributed by atoms with Crippen LogP contribution in [0.4, 0.5) is 0 Å². The number of rotatable bonds is 3. The van der Waals surface area contributed by atoms with Gasteiger partial charge in [-0.3, -0.25) is 6.79 Å². The molecule has 6 saturated carbocycles. The molecule has 6 rings (SSSR count). The molecule has 2 nitrogen and oxygen atoms in total. The predicted octanol–water partition coefficient (Wildman–Crippen LogP) is 11.6. The molecule has 18 radical (unpaired) electrons. The largest absolute Gasteiger partial charge is 2.00 e. The monoisotopic (exact) mass is 910 g/mol. The second-order valence-corrected chi connectivity index (χ2v) is 15.5. The summed E-state index contributed by atoms with van der Waals surface area (Å²) in [7, 11) is 0.385. The van der Waals surface area contributed by atoms with E-state index in [2.05, 4.69) is 78.7 Å². The molecular weight excluding hydrogens is 852 g/mol. The van der Waals surface area contributed by atoms with Crippen molar-refractivity contribution in [1.29, 1.82) is 0 Å². The number of carbonyl (C=O) groups excluding carboxylic acids is 1. The molecule has 0 N–H and O–H groups in total. The van der Waals surface area contributed by atoms with Crippen molar-refractivity contribution < 1.29 is 60.8 Å². The Labute approximate surface area is 343 Å². The first kappa shape index (κ1) is 56.8. The minimum atomic E-state index is 0. The molecule has 8 heteroatoms. The van der Waals surface area contributed by atoms with Crippen molar-refractivity contribution in [3.8, 4) is 0 Å². The fourth-order valence-corrected chi connectivity index (χ4v) is 11.8. The Bertz CT molecular complexity index is 558. The molecule has 0 atom stereocenters. The van der Waals surface area contributed by atoms with E-state index in [9.17, 15) is 0 Å². The summed E-state index contributed by atoms with van der Waals surface area (Å²) in [4.78, 5) is 7.75. The van der Waals surface area contributed by atoms with Crippen LogP contribution in [-0.4, -0.2) is 32.2 Å². The first-order valence-electron chi connectivity index (χ1n) is 16.9. The van der Waals surface area contributed by atoms with Crippen molar-refractivity contribution in [3.63, 3.8) is 0 Å². The maximum absolute atomic E-state index is 7.75. The molecule has 0 saturated heterocycles. The average Bonchev–Trinajstić information content (AvgIpc) is 3.94. The maximum atomic E-state index is 7.75. The van der Waals surface area contributed by atoms with Crippen LogP contribution in [-0.2, 0) is 60.8 Å². The predicted molar refractivity (Wildman–Crippen MR) is 200 cm³/mol. The van der Waals surface area contributed by atoms with E-state index in [0.29, 0.717) is 7.92 Å². The third kappa shape index (κ3) is 23.0. The third-order valence-electron chi connectivity index (χ3n) is 9.91. The third-order valence-corrected chi connectivity index (χ3v) is 14.0. The minimum Gasteiger partial charge on any atom is -0.545 e. The average molecular weight is 912 g/mol. The summed E-state index contributed by atoms with van der Waals surface area (Å²) < 4.78 is 7.50. The van der Waals surface area contributed by atoms with Gasteiger partial charge in [-0.2, -0.15) is 0 Å². The van der Waals surface area contributed by atoms with Crippen LogP contribution in [0.15, 0.2) is 0 Å². The molecule has 0 aromatic rings. The second-order valence-electron chi connectivity index (χ2n) is 12.4. The van der Waals surface area contributed by atoms with Crippen molar-refractivity contribution in [1.82, 2.24) is 0 Å². The first-order valence-corrected chi connectivity index (χ1v) is 22.0. The van der Waals surface area contributed by atoms with Crippen LogP contribution < -0.4 is 0 Å². The fraction of sp³-hybridized carbons (Fsp3) is 0.575. The Kier molecular flexibility index (Phi) is 45.9. The van der Waals surface area contributed by atoms with E-state index in [1.54, 1.807) is 77.0 Å². The molecule has 48 heavy (non-hydrogen) atoms. The zero-order valence-electron chi connectivity index (χ0n) is 29.9. The van der Waals surface area contributed by atoms with E-state index in [4.69, 9.17) is 9.45 Å². The number of halogens is 1. The quantitative estimate of drug-likeness (QED) is 0.0914. The summed E-state index contributed by atoms with van der Waals surface area (Å²) in [5.74, 6) is 7.34. The van der Waals surface area contributed by atoms with Crippen molar-refractivity contribution in [2.45, 2.75) is 148 Å². The van der Waals surface area contributed by atoms with Gasteiger partial charge in [-0.15, -0.1) is 0 Å². The Morgan fingerprint density at radius 1 is 0.521 bits per heavy atom. The van der Waals surface area contributed by atoms with Gasteiger partial charge in [-0.05, 0) is 149 Å². The molecule has 0 bridgehead atoms. The van der Waals surface area contributed by atoms with Crippen LogP contribution in [0.3, 0.4) is 0 Å². The molecule has 0 unspecified atom stereocenters. The molecule has 0 aromatic heterocycles. The van der Waals surface area contributed by atoms with Gasteiger partial charge in [0.25, 0.3) is 0 Å². The standard InChI is InChI=1S/C18H33P.C10H15.2C5H5.CHO.CO.B.BrH.2Fe.Pd/c1-4-10-16(11-5-1)19(17-12-6-2-7-13-17)18-14-8-3-9-15-18;1-6-7(2)9(4)10(5)8(6)3;2*1-2-4-5-3-1;2*1-2;;;;;/h16-18H,1-15H2;1-5H3;2*1-5H;1H;;;1H;;;/q;;;;-1;;;;;2*+2/p-1. The van der Waals surface area contributed by atoms with Gasteiger partial charge in [-0.25, -0.2) is 0 Å². The van der Waals surface area contributed by atoms with Crippen molar-refractivity contribution in [3.05, 3.63) is 100 Å². The summed E-state index contributed by atoms with van der Waals surface area (Å²) in [5.41, 5.74) is 3.57. The van der Waals surface area contributed by atoms with Gasteiger partial charge in [0.1, 0.15) is 0 Å². The van der Waals surface area contributed by atoms with Crippen LogP contribution in [0.2, 0.25) is 0 Å². The van der Waals surface area contributed by atoms with E-state index < -0.39 is 0 Å². The first-order chi connectivity index (χ1) is 22.0. The summed E-state index contributed by atoms with van der Waals surface area (Å²) in [6.07, 6.45) is 43.6. The van der Waals surface area contributed by atoms with Gasteiger partial charge in [0.2, 0.25) is 0 Å². The summed E-state index contributed by atoms with van der Waals surface area (Å²) >= 11 is 5.35. The Morgan fingerprint density at radius 2 is 0.667 bits per heavy atom. The summed E-state index contributed by atoms with van der Waals surface area (Å²) in [5, 5.41) is 0. The molecule has 0 heterocycles. The molecule has 6 aliphatic rings. The zero-order chi connectivity index (χ0) is 33.9. The van der Waals surface area contributed by atoms with Crippen LogP contribution in [0.1, 0.15) is 131 Å². The molecule has 6 aliphatic carbocycles. The van der Waals surface area contributed by atoms with Gasteiger partial charge < -0.3 is 4.79 Å². The van der Waals surface area contributed by atoms with Crippen LogP contribution >= 0.6 is 21.4 Å². The molecular formula is C40H59BBrFe2O2PPd+2. The van der Waals surface area contributed by atoms with E-state index in [0.717, 1.165) is 0 Å². The van der Waals surface area contributed by atoms with Gasteiger partial charge in [0, 0.05) is 25.5 Å². The van der Waals surface area contributed by atoms with E-state index >= 15 is 0 Å². The molecule has 6 fully saturated rings. The minimum absolute atomic E-state index is 0. The van der Waals surface area contributed by atoms with Gasteiger partial charge in [0.05, 0.1) is 0 Å². The zero-order valence-corrected chi connectivity index (χ0v) is 36.2. The van der Waals surface area contributed by atoms with Crippen LogP contribution in [0, 0.1) is 100 Å². The Morgan fingerprint density at radius 3 is 0.812 bits per heavy atom. The Balaban J connectivity index is -0.000000283. The molecule has 0 spiro atoms. The van der Waals surface area contributed by atoms with Crippen LogP contribution in [0.5, 0.6) is 0 Å². The van der Waals surface area contributed by atoms with Crippen LogP contribution in [0.25, 0.3) is 0 Å². The SMILES string of the molecule is C1CCC(P(C2CCCCC2)C2CCCCC2)CC1.C[C]1[C](C)[C](C)[C](C)[C]1C.[B].[Br][Pd+].[C-]#[O+].[CH-]=O.[CH]1[CH][CH][CH][CH]1.[CH]1[CH][CH][CH][CH]1.[Fe+2].[Fe]. The smallest absolute Gasteiger partial charge is 0.545 e. The number of hydrogen-bond acceptors (Lipinski definition) is 1.